The van der Waals surface area contributed by atoms with E-state index in [1.54, 1.807) is 0 Å². The lowest BCUT2D eigenvalue weighted by Crippen LogP contribution is -2.38. The molecule has 1 N–H and O–H groups in total. The summed E-state index contributed by atoms with van der Waals surface area (Å²) in [6.07, 6.45) is 8.00. The molecule has 2 heterocycles. The molecule has 3 heteroatoms. The molecule has 100 valence electrons. The van der Waals surface area contributed by atoms with Crippen LogP contribution in [0.1, 0.15) is 38.5 Å². The van der Waals surface area contributed by atoms with Gasteiger partial charge in [0.1, 0.15) is 0 Å². The van der Waals surface area contributed by atoms with Crippen molar-refractivity contribution in [3.8, 4) is 0 Å². The van der Waals surface area contributed by atoms with Crippen molar-refractivity contribution in [1.29, 1.82) is 0 Å². The molecule has 0 aromatic heterocycles. The average Bonchev–Trinajstić information content (AvgIpc) is 2.39. The minimum absolute atomic E-state index is 0.779. The van der Waals surface area contributed by atoms with E-state index in [2.05, 4.69) is 17.3 Å². The highest BCUT2D eigenvalue weighted by Gasteiger charge is 2.17. The van der Waals surface area contributed by atoms with E-state index in [0.717, 1.165) is 25.2 Å². The Hall–Kier alpha value is -0.120. The van der Waals surface area contributed by atoms with Gasteiger partial charge < -0.3 is 15.0 Å². The summed E-state index contributed by atoms with van der Waals surface area (Å²) in [6, 6.07) is 0.779. The van der Waals surface area contributed by atoms with Crippen LogP contribution in [0.25, 0.3) is 0 Å². The van der Waals surface area contributed by atoms with Gasteiger partial charge in [0.15, 0.2) is 0 Å². The van der Waals surface area contributed by atoms with Gasteiger partial charge in [-0.2, -0.15) is 0 Å². The minimum Gasteiger partial charge on any atom is -0.381 e. The monoisotopic (exact) mass is 240 g/mol. The highest BCUT2D eigenvalue weighted by Crippen LogP contribution is 2.16. The standard InChI is InChI=1S/C14H28N2O/c1-16(12-13-6-10-17-11-7-13)9-5-14-4-2-3-8-15-14/h13-15H,2-12H2,1H3/t14-/m0/s1. The van der Waals surface area contributed by atoms with Crippen molar-refractivity contribution in [2.45, 2.75) is 44.6 Å². The topological polar surface area (TPSA) is 24.5 Å². The zero-order valence-electron chi connectivity index (χ0n) is 11.3. The molecule has 0 saturated carbocycles. The van der Waals surface area contributed by atoms with Gasteiger partial charge in [0.25, 0.3) is 0 Å². The van der Waals surface area contributed by atoms with Crippen LogP contribution in [0.2, 0.25) is 0 Å². The van der Waals surface area contributed by atoms with Crippen LogP contribution >= 0.6 is 0 Å². The van der Waals surface area contributed by atoms with E-state index in [-0.39, 0.29) is 0 Å². The first-order valence-electron chi connectivity index (χ1n) is 7.34. The molecule has 17 heavy (non-hydrogen) atoms. The highest BCUT2D eigenvalue weighted by atomic mass is 16.5. The molecule has 0 aromatic rings. The Morgan fingerprint density at radius 2 is 2.00 bits per heavy atom. The SMILES string of the molecule is CN(CC[C@@H]1CCCCN1)CC1CCOCC1. The molecular formula is C14H28N2O. The molecule has 0 aromatic carbocycles. The van der Waals surface area contributed by atoms with Crippen LogP contribution in [0.5, 0.6) is 0 Å². The van der Waals surface area contributed by atoms with Gasteiger partial charge in [-0.3, -0.25) is 0 Å². The Morgan fingerprint density at radius 3 is 2.71 bits per heavy atom. The van der Waals surface area contributed by atoms with E-state index in [4.69, 9.17) is 4.74 Å². The van der Waals surface area contributed by atoms with Crippen molar-refractivity contribution in [3.63, 3.8) is 0 Å². The summed E-state index contributed by atoms with van der Waals surface area (Å²) < 4.78 is 5.41. The lowest BCUT2D eigenvalue weighted by molar-refractivity contribution is 0.0552. The van der Waals surface area contributed by atoms with Crippen LogP contribution in [0, 0.1) is 5.92 Å². The smallest absolute Gasteiger partial charge is 0.0469 e. The highest BCUT2D eigenvalue weighted by molar-refractivity contribution is 4.74. The van der Waals surface area contributed by atoms with Gasteiger partial charge in [0.2, 0.25) is 0 Å². The van der Waals surface area contributed by atoms with Crippen molar-refractivity contribution < 1.29 is 4.74 Å². The van der Waals surface area contributed by atoms with Crippen LogP contribution in [0.4, 0.5) is 0 Å². The van der Waals surface area contributed by atoms with Crippen molar-refractivity contribution in [2.24, 2.45) is 5.92 Å². The fourth-order valence-electron chi connectivity index (χ4n) is 3.01. The summed E-state index contributed by atoms with van der Waals surface area (Å²) in [5, 5.41) is 3.63. The molecule has 2 aliphatic heterocycles. The molecule has 2 fully saturated rings. The maximum absolute atomic E-state index is 5.41. The maximum atomic E-state index is 5.41. The van der Waals surface area contributed by atoms with Gasteiger partial charge in [0, 0.05) is 25.8 Å². The lowest BCUT2D eigenvalue weighted by atomic mass is 9.99. The maximum Gasteiger partial charge on any atom is 0.0469 e. The molecule has 2 saturated heterocycles. The molecule has 0 radical (unpaired) electrons. The number of hydrogen-bond donors (Lipinski definition) is 1. The molecule has 0 amide bonds. The molecule has 0 spiro atoms. The average molecular weight is 240 g/mol. The van der Waals surface area contributed by atoms with Gasteiger partial charge in [-0.05, 0) is 58.2 Å². The van der Waals surface area contributed by atoms with Crippen LogP contribution in [-0.4, -0.2) is 50.8 Å². The number of ether oxygens (including phenoxy) is 1. The van der Waals surface area contributed by atoms with E-state index in [9.17, 15) is 0 Å². The molecule has 0 bridgehead atoms. The van der Waals surface area contributed by atoms with E-state index in [1.807, 2.05) is 0 Å². The number of rotatable bonds is 5. The molecule has 3 nitrogen and oxygen atoms in total. The van der Waals surface area contributed by atoms with E-state index >= 15 is 0 Å². The number of hydrogen-bond acceptors (Lipinski definition) is 3. The number of piperidine rings is 1. The third kappa shape index (κ3) is 4.94. The van der Waals surface area contributed by atoms with Crippen molar-refractivity contribution in [3.05, 3.63) is 0 Å². The van der Waals surface area contributed by atoms with Gasteiger partial charge in [-0.15, -0.1) is 0 Å². The van der Waals surface area contributed by atoms with Crippen LogP contribution < -0.4 is 5.32 Å². The first kappa shape index (κ1) is 13.3. The summed E-state index contributed by atoms with van der Waals surface area (Å²) >= 11 is 0. The molecule has 2 rings (SSSR count). The molecular weight excluding hydrogens is 212 g/mol. The normalized spacial score (nSPS) is 27.5. The molecule has 0 aliphatic carbocycles. The Kier molecular flexibility index (Phi) is 5.75. The van der Waals surface area contributed by atoms with Crippen molar-refractivity contribution in [1.82, 2.24) is 10.2 Å². The second-order valence-electron chi connectivity index (χ2n) is 5.75. The first-order chi connectivity index (χ1) is 8.34. The molecule has 2 aliphatic rings. The summed E-state index contributed by atoms with van der Waals surface area (Å²) in [6.45, 7) is 5.69. The first-order valence-corrected chi connectivity index (χ1v) is 7.34. The summed E-state index contributed by atoms with van der Waals surface area (Å²) in [5.41, 5.74) is 0. The Balaban J connectivity index is 1.57. The molecule has 0 unspecified atom stereocenters. The Labute approximate surface area is 106 Å². The second kappa shape index (κ2) is 7.34. The fraction of sp³-hybridized carbons (Fsp3) is 1.00. The molecule has 1 atom stereocenters. The third-order valence-electron chi connectivity index (χ3n) is 4.18. The zero-order chi connectivity index (χ0) is 11.9. The largest absolute Gasteiger partial charge is 0.381 e. The van der Waals surface area contributed by atoms with Gasteiger partial charge in [0.05, 0.1) is 0 Å². The third-order valence-corrected chi connectivity index (χ3v) is 4.18. The second-order valence-corrected chi connectivity index (χ2v) is 5.75. The van der Waals surface area contributed by atoms with Crippen LogP contribution in [0.15, 0.2) is 0 Å². The van der Waals surface area contributed by atoms with Gasteiger partial charge >= 0.3 is 0 Å². The van der Waals surface area contributed by atoms with E-state index in [0.29, 0.717) is 0 Å². The van der Waals surface area contributed by atoms with Crippen molar-refractivity contribution in [2.75, 3.05) is 39.9 Å². The number of nitrogens with zero attached hydrogens (tertiary/aromatic N) is 1. The Bertz CT molecular complexity index is 198. The summed E-state index contributed by atoms with van der Waals surface area (Å²) in [5.74, 6) is 0.869. The van der Waals surface area contributed by atoms with Gasteiger partial charge in [-0.1, -0.05) is 6.42 Å². The minimum atomic E-state index is 0.779. The zero-order valence-corrected chi connectivity index (χ0v) is 11.3. The van der Waals surface area contributed by atoms with Crippen molar-refractivity contribution >= 4 is 0 Å². The summed E-state index contributed by atoms with van der Waals surface area (Å²) in [4.78, 5) is 2.52. The van der Waals surface area contributed by atoms with Crippen LogP contribution in [0.3, 0.4) is 0 Å². The quantitative estimate of drug-likeness (QED) is 0.794. The predicted octanol–water partition coefficient (Wildman–Crippen LogP) is 1.88. The fourth-order valence-corrected chi connectivity index (χ4v) is 3.01. The van der Waals surface area contributed by atoms with E-state index < -0.39 is 0 Å². The Morgan fingerprint density at radius 1 is 1.18 bits per heavy atom. The van der Waals surface area contributed by atoms with Crippen LogP contribution in [-0.2, 0) is 4.74 Å². The predicted molar refractivity (Wildman–Crippen MR) is 71.3 cm³/mol. The van der Waals surface area contributed by atoms with Gasteiger partial charge in [-0.25, -0.2) is 0 Å². The summed E-state index contributed by atoms with van der Waals surface area (Å²) in [7, 11) is 2.28. The number of nitrogens with one attached hydrogen (secondary N) is 1. The lowest BCUT2D eigenvalue weighted by Gasteiger charge is -2.29. The van der Waals surface area contributed by atoms with E-state index in [1.165, 1.54) is 58.2 Å².